The summed E-state index contributed by atoms with van der Waals surface area (Å²) >= 11 is 0. The van der Waals surface area contributed by atoms with E-state index in [1.165, 1.54) is 5.52 Å². The van der Waals surface area contributed by atoms with Crippen molar-refractivity contribution < 1.29 is 0 Å². The number of fused-ring (bicyclic) bond motifs is 3. The fraction of sp³-hybridized carbons (Fsp3) is 0.222. The highest BCUT2D eigenvalue weighted by Crippen LogP contribution is 2.22. The highest BCUT2D eigenvalue weighted by atomic mass is 15.3. The SMILES string of the molecule is c1ccc2c(c1)nc1n2CC[N]1. The van der Waals surface area contributed by atoms with Crippen molar-refractivity contribution in [3.05, 3.63) is 24.3 Å². The molecule has 2 heterocycles. The van der Waals surface area contributed by atoms with Crippen molar-refractivity contribution in [3.63, 3.8) is 0 Å². The Bertz CT molecular complexity index is 430. The van der Waals surface area contributed by atoms with E-state index in [9.17, 15) is 0 Å². The Morgan fingerprint density at radius 2 is 2.17 bits per heavy atom. The van der Waals surface area contributed by atoms with Crippen LogP contribution in [0.15, 0.2) is 24.3 Å². The van der Waals surface area contributed by atoms with Crippen molar-refractivity contribution >= 4 is 17.0 Å². The summed E-state index contributed by atoms with van der Waals surface area (Å²) < 4.78 is 2.16. The summed E-state index contributed by atoms with van der Waals surface area (Å²) in [5, 5.41) is 4.29. The molecule has 3 heteroatoms. The minimum atomic E-state index is 0.882. The number of imidazole rings is 1. The van der Waals surface area contributed by atoms with Crippen molar-refractivity contribution in [2.24, 2.45) is 0 Å². The number of aromatic nitrogens is 2. The van der Waals surface area contributed by atoms with Gasteiger partial charge in [-0.15, -0.1) is 0 Å². The first-order valence-electron chi connectivity index (χ1n) is 4.08. The van der Waals surface area contributed by atoms with Crippen LogP contribution in [0.3, 0.4) is 0 Å². The van der Waals surface area contributed by atoms with Gasteiger partial charge in [0, 0.05) is 6.54 Å². The van der Waals surface area contributed by atoms with Crippen molar-refractivity contribution in [2.75, 3.05) is 6.54 Å². The highest BCUT2D eigenvalue weighted by molar-refractivity contribution is 5.78. The maximum absolute atomic E-state index is 4.39. The average Bonchev–Trinajstić information content (AvgIpc) is 2.62. The van der Waals surface area contributed by atoms with E-state index in [4.69, 9.17) is 0 Å². The molecule has 3 nitrogen and oxygen atoms in total. The molecule has 1 radical (unpaired) electrons. The average molecular weight is 158 g/mol. The third-order valence-electron chi connectivity index (χ3n) is 2.21. The molecule has 0 saturated heterocycles. The Hall–Kier alpha value is -1.51. The Balaban J connectivity index is 2.44. The van der Waals surface area contributed by atoms with Crippen LogP contribution in [0, 0.1) is 0 Å². The predicted molar refractivity (Wildman–Crippen MR) is 46.4 cm³/mol. The van der Waals surface area contributed by atoms with Crippen molar-refractivity contribution in [2.45, 2.75) is 6.54 Å². The molecule has 1 aromatic heterocycles. The second-order valence-corrected chi connectivity index (χ2v) is 2.93. The van der Waals surface area contributed by atoms with Gasteiger partial charge >= 0.3 is 0 Å². The van der Waals surface area contributed by atoms with Gasteiger partial charge in [0.2, 0.25) is 5.95 Å². The summed E-state index contributed by atoms with van der Waals surface area (Å²) in [7, 11) is 0. The topological polar surface area (TPSA) is 31.9 Å². The minimum absolute atomic E-state index is 0.882. The van der Waals surface area contributed by atoms with E-state index in [-0.39, 0.29) is 0 Å². The molecule has 0 aliphatic carbocycles. The fourth-order valence-corrected chi connectivity index (χ4v) is 1.65. The van der Waals surface area contributed by atoms with Gasteiger partial charge in [-0.3, -0.25) is 0 Å². The third kappa shape index (κ3) is 0.630. The van der Waals surface area contributed by atoms with Crippen molar-refractivity contribution in [3.8, 4) is 0 Å². The van der Waals surface area contributed by atoms with E-state index in [2.05, 4.69) is 20.9 Å². The summed E-state index contributed by atoms with van der Waals surface area (Å²) in [4.78, 5) is 4.39. The monoisotopic (exact) mass is 158 g/mol. The van der Waals surface area contributed by atoms with Crippen molar-refractivity contribution in [1.29, 1.82) is 0 Å². The van der Waals surface area contributed by atoms with Crippen LogP contribution in [-0.4, -0.2) is 16.1 Å². The normalized spacial score (nSPS) is 14.7. The van der Waals surface area contributed by atoms with Gasteiger partial charge in [0.05, 0.1) is 17.6 Å². The largest absolute Gasteiger partial charge is 0.307 e. The van der Waals surface area contributed by atoms with Gasteiger partial charge in [0.15, 0.2) is 0 Å². The van der Waals surface area contributed by atoms with Gasteiger partial charge in [-0.1, -0.05) is 12.1 Å². The fourth-order valence-electron chi connectivity index (χ4n) is 1.65. The first kappa shape index (κ1) is 6.06. The summed E-state index contributed by atoms with van der Waals surface area (Å²) in [6, 6.07) is 8.16. The summed E-state index contributed by atoms with van der Waals surface area (Å²) in [5.74, 6) is 0.885. The Morgan fingerprint density at radius 1 is 1.25 bits per heavy atom. The molecule has 2 aromatic rings. The molecule has 0 fully saturated rings. The lowest BCUT2D eigenvalue weighted by molar-refractivity contribution is 0.804. The van der Waals surface area contributed by atoms with Crippen LogP contribution in [0.4, 0.5) is 5.95 Å². The smallest absolute Gasteiger partial charge is 0.226 e. The summed E-state index contributed by atoms with van der Waals surface area (Å²) in [6.45, 7) is 1.86. The molecule has 0 amide bonds. The minimum Gasteiger partial charge on any atom is -0.307 e. The van der Waals surface area contributed by atoms with E-state index in [1.54, 1.807) is 0 Å². The molecule has 59 valence electrons. The van der Waals surface area contributed by atoms with Gasteiger partial charge in [0.1, 0.15) is 0 Å². The lowest BCUT2D eigenvalue weighted by atomic mass is 10.3. The summed E-state index contributed by atoms with van der Waals surface area (Å²) in [6.07, 6.45) is 0. The maximum atomic E-state index is 4.39. The standard InChI is InChI=1S/C9H8N3/c1-2-4-8-7(3-1)11-9-10-5-6-12(8)9/h1-4H,5-6H2. The quantitative estimate of drug-likeness (QED) is 0.568. The molecule has 1 aliphatic heterocycles. The van der Waals surface area contributed by atoms with Crippen molar-refractivity contribution in [1.82, 2.24) is 14.9 Å². The number of nitrogens with zero attached hydrogens (tertiary/aromatic N) is 3. The van der Waals surface area contributed by atoms with Crippen LogP contribution >= 0.6 is 0 Å². The van der Waals surface area contributed by atoms with E-state index in [0.29, 0.717) is 0 Å². The Morgan fingerprint density at radius 3 is 3.17 bits per heavy atom. The molecule has 0 atom stereocenters. The molecule has 1 aromatic carbocycles. The molecule has 0 bridgehead atoms. The predicted octanol–water partition coefficient (Wildman–Crippen LogP) is 1.29. The highest BCUT2D eigenvalue weighted by Gasteiger charge is 2.15. The third-order valence-corrected chi connectivity index (χ3v) is 2.21. The van der Waals surface area contributed by atoms with Gasteiger partial charge in [-0.2, -0.15) is 0 Å². The van der Waals surface area contributed by atoms with Gasteiger partial charge in [-0.05, 0) is 12.1 Å². The second-order valence-electron chi connectivity index (χ2n) is 2.93. The van der Waals surface area contributed by atoms with Crippen LogP contribution in [-0.2, 0) is 6.54 Å². The number of para-hydroxylation sites is 2. The van der Waals surface area contributed by atoms with E-state index >= 15 is 0 Å². The zero-order chi connectivity index (χ0) is 7.97. The molecule has 0 spiro atoms. The molecule has 3 rings (SSSR count). The van der Waals surface area contributed by atoms with Crippen LogP contribution in [0.25, 0.3) is 11.0 Å². The summed E-state index contributed by atoms with van der Waals surface area (Å²) in [5.41, 5.74) is 2.25. The van der Waals surface area contributed by atoms with Gasteiger partial charge < -0.3 is 4.57 Å². The molecule has 1 aliphatic rings. The maximum Gasteiger partial charge on any atom is 0.226 e. The first-order chi connectivity index (χ1) is 5.95. The van der Waals surface area contributed by atoms with Crippen LogP contribution in [0.1, 0.15) is 0 Å². The van der Waals surface area contributed by atoms with Crippen LogP contribution in [0.5, 0.6) is 0 Å². The number of hydrogen-bond acceptors (Lipinski definition) is 1. The van der Waals surface area contributed by atoms with Gasteiger partial charge in [0.25, 0.3) is 0 Å². The van der Waals surface area contributed by atoms with Crippen LogP contribution in [0.2, 0.25) is 0 Å². The molecular formula is C9H8N3. The van der Waals surface area contributed by atoms with Gasteiger partial charge in [-0.25, -0.2) is 10.3 Å². The lowest BCUT2D eigenvalue weighted by Crippen LogP contribution is -1.93. The zero-order valence-electron chi connectivity index (χ0n) is 6.57. The molecule has 12 heavy (non-hydrogen) atoms. The number of benzene rings is 1. The molecule has 0 saturated carbocycles. The van der Waals surface area contributed by atoms with Crippen LogP contribution < -0.4 is 5.32 Å². The number of hydrogen-bond donors (Lipinski definition) is 0. The molecule has 0 N–H and O–H groups in total. The van der Waals surface area contributed by atoms with E-state index in [1.807, 2.05) is 18.2 Å². The molecular weight excluding hydrogens is 150 g/mol. The molecule has 0 unspecified atom stereocenters. The Kier molecular flexibility index (Phi) is 1.01. The lowest BCUT2D eigenvalue weighted by Gasteiger charge is -1.93. The van der Waals surface area contributed by atoms with E-state index < -0.39 is 0 Å². The first-order valence-corrected chi connectivity index (χ1v) is 4.08. The van der Waals surface area contributed by atoms with E-state index in [0.717, 1.165) is 24.6 Å². The zero-order valence-corrected chi connectivity index (χ0v) is 6.57. The second kappa shape index (κ2) is 2.00. The number of rotatable bonds is 0. The Labute approximate surface area is 70.0 Å².